The summed E-state index contributed by atoms with van der Waals surface area (Å²) in [5.74, 6) is 1.13. The van der Waals surface area contributed by atoms with Crippen LogP contribution in [-0.2, 0) is 0 Å². The average Bonchev–Trinajstić information content (AvgIpc) is 2.19. The zero-order chi connectivity index (χ0) is 9.52. The second-order valence-corrected chi connectivity index (χ2v) is 4.25. The van der Waals surface area contributed by atoms with E-state index in [0.29, 0.717) is 0 Å². The van der Waals surface area contributed by atoms with Crippen molar-refractivity contribution in [2.45, 2.75) is 4.90 Å². The molecule has 0 bridgehead atoms. The molecule has 0 aliphatic carbocycles. The molecule has 0 saturated carbocycles. The SMILES string of the molecule is CSCCNc1ccc(SN)cc1. The first-order chi connectivity index (χ1) is 6.36. The summed E-state index contributed by atoms with van der Waals surface area (Å²) in [5, 5.41) is 8.74. The summed E-state index contributed by atoms with van der Waals surface area (Å²) in [6, 6.07) is 8.14. The van der Waals surface area contributed by atoms with Crippen LogP contribution in [-0.4, -0.2) is 18.6 Å². The number of thioether (sulfide) groups is 1. The number of nitrogens with two attached hydrogens (primary N) is 1. The molecule has 0 heterocycles. The molecule has 0 unspecified atom stereocenters. The maximum absolute atomic E-state index is 5.41. The molecule has 1 rings (SSSR count). The molecule has 0 spiro atoms. The zero-order valence-corrected chi connectivity index (χ0v) is 9.25. The first kappa shape index (κ1) is 10.8. The molecular formula is C9H14N2S2. The van der Waals surface area contributed by atoms with Gasteiger partial charge < -0.3 is 5.32 Å². The number of anilines is 1. The van der Waals surface area contributed by atoms with E-state index in [-0.39, 0.29) is 0 Å². The van der Waals surface area contributed by atoms with Gasteiger partial charge in [0.25, 0.3) is 0 Å². The van der Waals surface area contributed by atoms with Crippen molar-refractivity contribution in [2.75, 3.05) is 23.9 Å². The van der Waals surface area contributed by atoms with Crippen molar-refractivity contribution in [3.05, 3.63) is 24.3 Å². The van der Waals surface area contributed by atoms with Gasteiger partial charge in [0, 0.05) is 22.9 Å². The highest BCUT2D eigenvalue weighted by molar-refractivity contribution is 7.98. The second-order valence-electron chi connectivity index (χ2n) is 2.56. The third-order valence-corrected chi connectivity index (χ3v) is 2.78. The van der Waals surface area contributed by atoms with Crippen LogP contribution in [0.5, 0.6) is 0 Å². The van der Waals surface area contributed by atoms with E-state index < -0.39 is 0 Å². The van der Waals surface area contributed by atoms with E-state index in [1.165, 1.54) is 11.9 Å². The Bertz CT molecular complexity index is 236. The van der Waals surface area contributed by atoms with Gasteiger partial charge in [-0.25, -0.2) is 0 Å². The van der Waals surface area contributed by atoms with E-state index in [0.717, 1.165) is 22.9 Å². The van der Waals surface area contributed by atoms with E-state index in [1.807, 2.05) is 23.9 Å². The van der Waals surface area contributed by atoms with Crippen LogP contribution < -0.4 is 10.5 Å². The monoisotopic (exact) mass is 214 g/mol. The van der Waals surface area contributed by atoms with Crippen molar-refractivity contribution in [3.63, 3.8) is 0 Å². The van der Waals surface area contributed by atoms with Crippen molar-refractivity contribution in [3.8, 4) is 0 Å². The molecule has 4 heteroatoms. The number of rotatable bonds is 5. The van der Waals surface area contributed by atoms with E-state index in [9.17, 15) is 0 Å². The Morgan fingerprint density at radius 1 is 1.31 bits per heavy atom. The van der Waals surface area contributed by atoms with Crippen LogP contribution in [0.4, 0.5) is 5.69 Å². The molecule has 0 radical (unpaired) electrons. The summed E-state index contributed by atoms with van der Waals surface area (Å²) >= 11 is 3.12. The molecule has 0 aliphatic heterocycles. The van der Waals surface area contributed by atoms with Gasteiger partial charge >= 0.3 is 0 Å². The smallest absolute Gasteiger partial charge is 0.0341 e. The molecule has 72 valence electrons. The summed E-state index contributed by atoms with van der Waals surface area (Å²) in [5.41, 5.74) is 1.16. The molecule has 0 fully saturated rings. The molecule has 1 aromatic rings. The lowest BCUT2D eigenvalue weighted by Crippen LogP contribution is -2.03. The Morgan fingerprint density at radius 3 is 2.54 bits per heavy atom. The van der Waals surface area contributed by atoms with Crippen molar-refractivity contribution in [2.24, 2.45) is 5.14 Å². The Labute approximate surface area is 87.8 Å². The molecule has 0 aliphatic rings. The fourth-order valence-electron chi connectivity index (χ4n) is 0.949. The van der Waals surface area contributed by atoms with Crippen LogP contribution in [0.1, 0.15) is 0 Å². The first-order valence-electron chi connectivity index (χ1n) is 4.06. The molecule has 0 aromatic heterocycles. The predicted molar refractivity (Wildman–Crippen MR) is 63.4 cm³/mol. The Balaban J connectivity index is 2.40. The lowest BCUT2D eigenvalue weighted by molar-refractivity contribution is 1.22. The van der Waals surface area contributed by atoms with Crippen LogP contribution >= 0.6 is 23.7 Å². The van der Waals surface area contributed by atoms with Crippen molar-refractivity contribution >= 4 is 29.4 Å². The standard InChI is InChI=1S/C9H14N2S2/c1-12-7-6-11-8-2-4-9(13-10)5-3-8/h2-5,11H,6-7,10H2,1H3. The van der Waals surface area contributed by atoms with Gasteiger partial charge in [0.1, 0.15) is 0 Å². The van der Waals surface area contributed by atoms with Gasteiger partial charge in [0.2, 0.25) is 0 Å². The second kappa shape index (κ2) is 6.18. The Morgan fingerprint density at radius 2 is 2.00 bits per heavy atom. The van der Waals surface area contributed by atoms with Crippen LogP contribution in [0, 0.1) is 0 Å². The summed E-state index contributed by atoms with van der Waals surface area (Å²) in [4.78, 5) is 1.09. The van der Waals surface area contributed by atoms with Gasteiger partial charge in [0.05, 0.1) is 0 Å². The van der Waals surface area contributed by atoms with Gasteiger partial charge in [-0.3, -0.25) is 5.14 Å². The molecule has 2 nitrogen and oxygen atoms in total. The quantitative estimate of drug-likeness (QED) is 0.583. The van der Waals surface area contributed by atoms with E-state index in [4.69, 9.17) is 5.14 Å². The first-order valence-corrected chi connectivity index (χ1v) is 6.34. The minimum absolute atomic E-state index is 1.01. The highest BCUT2D eigenvalue weighted by atomic mass is 32.2. The maximum atomic E-state index is 5.41. The summed E-state index contributed by atoms with van der Waals surface area (Å²) in [7, 11) is 0. The molecular weight excluding hydrogens is 200 g/mol. The van der Waals surface area contributed by atoms with Gasteiger partial charge in [0.15, 0.2) is 0 Å². The number of nitrogens with one attached hydrogen (secondary N) is 1. The van der Waals surface area contributed by atoms with Crippen LogP contribution in [0.3, 0.4) is 0 Å². The van der Waals surface area contributed by atoms with Gasteiger partial charge in [-0.15, -0.1) is 0 Å². The molecule has 3 N–H and O–H groups in total. The predicted octanol–water partition coefficient (Wildman–Crippen LogP) is 2.43. The van der Waals surface area contributed by atoms with E-state index in [1.54, 1.807) is 0 Å². The van der Waals surface area contributed by atoms with E-state index >= 15 is 0 Å². The summed E-state index contributed by atoms with van der Waals surface area (Å²) in [6.07, 6.45) is 2.11. The maximum Gasteiger partial charge on any atom is 0.0341 e. The average molecular weight is 214 g/mol. The number of benzene rings is 1. The highest BCUT2D eigenvalue weighted by Crippen LogP contribution is 2.15. The van der Waals surface area contributed by atoms with Crippen LogP contribution in [0.25, 0.3) is 0 Å². The fourth-order valence-corrected chi connectivity index (χ4v) is 1.55. The number of hydrogen-bond acceptors (Lipinski definition) is 4. The lowest BCUT2D eigenvalue weighted by atomic mass is 10.3. The summed E-state index contributed by atoms with van der Waals surface area (Å²) in [6.45, 7) is 1.01. The highest BCUT2D eigenvalue weighted by Gasteiger charge is 1.92. The molecule has 1 aromatic carbocycles. The normalized spacial score (nSPS) is 10.0. The van der Waals surface area contributed by atoms with Gasteiger partial charge in [-0.1, -0.05) is 0 Å². The third-order valence-electron chi connectivity index (χ3n) is 1.63. The molecule has 13 heavy (non-hydrogen) atoms. The van der Waals surface area contributed by atoms with Crippen molar-refractivity contribution < 1.29 is 0 Å². The molecule has 0 atom stereocenters. The summed E-state index contributed by atoms with van der Waals surface area (Å²) < 4.78 is 0. The van der Waals surface area contributed by atoms with Gasteiger partial charge in [-0.2, -0.15) is 11.8 Å². The zero-order valence-electron chi connectivity index (χ0n) is 7.62. The largest absolute Gasteiger partial charge is 0.384 e. The molecule has 0 saturated heterocycles. The Hall–Kier alpha value is -0.320. The van der Waals surface area contributed by atoms with Crippen LogP contribution in [0.15, 0.2) is 29.2 Å². The third kappa shape index (κ3) is 3.93. The Kier molecular flexibility index (Phi) is 5.12. The van der Waals surface area contributed by atoms with Crippen molar-refractivity contribution in [1.29, 1.82) is 0 Å². The topological polar surface area (TPSA) is 38.0 Å². The van der Waals surface area contributed by atoms with Crippen molar-refractivity contribution in [1.82, 2.24) is 0 Å². The van der Waals surface area contributed by atoms with Crippen LogP contribution in [0.2, 0.25) is 0 Å². The fraction of sp³-hybridized carbons (Fsp3) is 0.333. The van der Waals surface area contributed by atoms with E-state index in [2.05, 4.69) is 23.7 Å². The number of hydrogen-bond donors (Lipinski definition) is 2. The minimum Gasteiger partial charge on any atom is -0.384 e. The minimum atomic E-state index is 1.01. The lowest BCUT2D eigenvalue weighted by Gasteiger charge is -2.05. The van der Waals surface area contributed by atoms with Gasteiger partial charge in [-0.05, 0) is 42.5 Å². The molecule has 0 amide bonds.